The van der Waals surface area contributed by atoms with Crippen LogP contribution in [0.2, 0.25) is 0 Å². The lowest BCUT2D eigenvalue weighted by molar-refractivity contribution is 0.208. The summed E-state index contributed by atoms with van der Waals surface area (Å²) >= 11 is 0. The Labute approximate surface area is 170 Å². The van der Waals surface area contributed by atoms with Crippen LogP contribution in [0.25, 0.3) is 16.7 Å². The first-order valence-electron chi connectivity index (χ1n) is 9.76. The summed E-state index contributed by atoms with van der Waals surface area (Å²) in [6, 6.07) is 9.91. The number of aryl methyl sites for hydroxylation is 1. The molecule has 1 fully saturated rings. The monoisotopic (exact) mass is 402 g/mol. The molecule has 2 aliphatic carbocycles. The zero-order valence-electron chi connectivity index (χ0n) is 16.1. The summed E-state index contributed by atoms with van der Waals surface area (Å²) in [5.41, 5.74) is 2.63. The van der Waals surface area contributed by atoms with Crippen molar-refractivity contribution in [3.8, 4) is 0 Å². The largest absolute Gasteiger partial charge is 0.388 e. The fraction of sp³-hybridized carbons (Fsp3) is 0.286. The average molecular weight is 402 g/mol. The van der Waals surface area contributed by atoms with Crippen molar-refractivity contribution < 1.29 is 9.63 Å². The maximum Gasteiger partial charge on any atom is 0.280 e. The van der Waals surface area contributed by atoms with Gasteiger partial charge in [0.1, 0.15) is 12.9 Å². The van der Waals surface area contributed by atoms with Gasteiger partial charge in [-0.05, 0) is 17.1 Å². The zero-order valence-corrected chi connectivity index (χ0v) is 16.1. The summed E-state index contributed by atoms with van der Waals surface area (Å²) in [6.07, 6.45) is 4.58. The van der Waals surface area contributed by atoms with Crippen LogP contribution in [-0.4, -0.2) is 40.5 Å². The van der Waals surface area contributed by atoms with Gasteiger partial charge >= 0.3 is 0 Å². The first-order valence-corrected chi connectivity index (χ1v) is 9.76. The van der Waals surface area contributed by atoms with E-state index in [0.29, 0.717) is 22.9 Å². The number of aliphatic hydroxyl groups is 1. The normalized spacial score (nSPS) is 24.8. The summed E-state index contributed by atoms with van der Waals surface area (Å²) in [5, 5.41) is 14.9. The highest BCUT2D eigenvalue weighted by Gasteiger charge is 2.60. The van der Waals surface area contributed by atoms with Gasteiger partial charge in [-0.1, -0.05) is 41.6 Å². The van der Waals surface area contributed by atoms with Crippen molar-refractivity contribution in [3.63, 3.8) is 0 Å². The van der Waals surface area contributed by atoms with Crippen LogP contribution in [0, 0.1) is 11.8 Å². The molecular formula is C21H18N6O3. The SMILES string of the molecule is Cn1cnc2ncn(Cc3nc([C@@H]4[C@H]5C=C(c6ccccc6)C(O)[C@H]54)no3)c(=O)c21. The number of rotatable bonds is 4. The van der Waals surface area contributed by atoms with Crippen molar-refractivity contribution in [2.24, 2.45) is 18.9 Å². The quantitative estimate of drug-likeness (QED) is 0.548. The van der Waals surface area contributed by atoms with Gasteiger partial charge < -0.3 is 14.2 Å². The molecule has 4 atom stereocenters. The molecule has 0 amide bonds. The van der Waals surface area contributed by atoms with Crippen LogP contribution in [0.1, 0.15) is 23.2 Å². The molecule has 0 bridgehead atoms. The molecule has 150 valence electrons. The maximum absolute atomic E-state index is 12.7. The molecule has 2 aliphatic rings. The molecule has 9 heteroatoms. The molecule has 1 aromatic carbocycles. The number of benzene rings is 1. The molecule has 0 radical (unpaired) electrons. The van der Waals surface area contributed by atoms with Gasteiger partial charge in [-0.25, -0.2) is 9.97 Å². The number of allylic oxidation sites excluding steroid dienone is 1. The van der Waals surface area contributed by atoms with E-state index >= 15 is 0 Å². The van der Waals surface area contributed by atoms with E-state index < -0.39 is 6.10 Å². The Kier molecular flexibility index (Phi) is 3.57. The van der Waals surface area contributed by atoms with Crippen molar-refractivity contribution in [1.82, 2.24) is 29.2 Å². The van der Waals surface area contributed by atoms with Crippen LogP contribution in [0.5, 0.6) is 0 Å². The first-order chi connectivity index (χ1) is 14.6. The fourth-order valence-corrected chi connectivity index (χ4v) is 4.53. The molecule has 6 rings (SSSR count). The van der Waals surface area contributed by atoms with Crippen molar-refractivity contribution in [3.05, 3.63) is 76.7 Å². The van der Waals surface area contributed by atoms with Crippen LogP contribution in [0.4, 0.5) is 0 Å². The Balaban J connectivity index is 1.24. The van der Waals surface area contributed by atoms with E-state index in [9.17, 15) is 9.90 Å². The highest BCUT2D eigenvalue weighted by molar-refractivity contribution is 5.74. The van der Waals surface area contributed by atoms with Gasteiger partial charge in [-0.2, -0.15) is 4.98 Å². The summed E-state index contributed by atoms with van der Waals surface area (Å²) in [6.45, 7) is 0.135. The minimum absolute atomic E-state index is 0.0411. The number of aromatic nitrogens is 6. The molecule has 0 spiro atoms. The predicted molar refractivity (Wildman–Crippen MR) is 106 cm³/mol. The number of fused-ring (bicyclic) bond motifs is 2. The van der Waals surface area contributed by atoms with E-state index in [1.165, 1.54) is 10.9 Å². The molecule has 1 N–H and O–H groups in total. The molecule has 1 unspecified atom stereocenters. The highest BCUT2D eigenvalue weighted by atomic mass is 16.5. The molecule has 1 saturated carbocycles. The molecule has 3 aromatic heterocycles. The van der Waals surface area contributed by atoms with Gasteiger partial charge in [0, 0.05) is 18.9 Å². The van der Waals surface area contributed by atoms with Crippen LogP contribution in [0.3, 0.4) is 0 Å². The van der Waals surface area contributed by atoms with Crippen molar-refractivity contribution in [1.29, 1.82) is 0 Å². The lowest BCUT2D eigenvalue weighted by Gasteiger charge is -2.12. The summed E-state index contributed by atoms with van der Waals surface area (Å²) in [4.78, 5) is 25.5. The third-order valence-corrected chi connectivity index (χ3v) is 6.08. The van der Waals surface area contributed by atoms with Gasteiger partial charge in [-0.15, -0.1) is 0 Å². The van der Waals surface area contributed by atoms with E-state index in [-0.39, 0.29) is 29.9 Å². The molecule has 3 heterocycles. The summed E-state index contributed by atoms with van der Waals surface area (Å²) < 4.78 is 8.46. The van der Waals surface area contributed by atoms with E-state index in [0.717, 1.165) is 11.1 Å². The lowest BCUT2D eigenvalue weighted by atomic mass is 9.98. The summed E-state index contributed by atoms with van der Waals surface area (Å²) in [5.74, 6) is 1.23. The van der Waals surface area contributed by atoms with Crippen molar-refractivity contribution >= 4 is 16.7 Å². The highest BCUT2D eigenvalue weighted by Crippen LogP contribution is 2.62. The maximum atomic E-state index is 12.7. The number of nitrogens with zero attached hydrogens (tertiary/aromatic N) is 6. The van der Waals surface area contributed by atoms with Gasteiger partial charge in [0.05, 0.1) is 12.4 Å². The molecule has 4 aromatic rings. The third kappa shape index (κ3) is 2.48. The summed E-state index contributed by atoms with van der Waals surface area (Å²) in [7, 11) is 1.75. The molecular weight excluding hydrogens is 384 g/mol. The van der Waals surface area contributed by atoms with Crippen molar-refractivity contribution in [2.45, 2.75) is 18.6 Å². The van der Waals surface area contributed by atoms with Crippen LogP contribution >= 0.6 is 0 Å². The second-order valence-corrected chi connectivity index (χ2v) is 7.86. The van der Waals surface area contributed by atoms with Gasteiger partial charge in [0.25, 0.3) is 5.56 Å². The van der Waals surface area contributed by atoms with E-state index in [4.69, 9.17) is 4.52 Å². The second kappa shape index (κ2) is 6.20. The van der Waals surface area contributed by atoms with Gasteiger partial charge in [0.15, 0.2) is 17.0 Å². The molecule has 9 nitrogen and oxygen atoms in total. The van der Waals surface area contributed by atoms with E-state index in [1.807, 2.05) is 30.3 Å². The van der Waals surface area contributed by atoms with Gasteiger partial charge in [-0.3, -0.25) is 9.36 Å². The fourth-order valence-electron chi connectivity index (χ4n) is 4.53. The minimum Gasteiger partial charge on any atom is -0.388 e. The van der Waals surface area contributed by atoms with Crippen molar-refractivity contribution in [2.75, 3.05) is 0 Å². The Morgan fingerprint density at radius 3 is 2.73 bits per heavy atom. The van der Waals surface area contributed by atoms with Gasteiger partial charge in [0.2, 0.25) is 5.89 Å². The number of hydrogen-bond donors (Lipinski definition) is 1. The number of imidazole rings is 1. The standard InChI is InChI=1S/C21H18N6O3/c1-26-9-22-20-17(26)21(29)27(10-23-20)8-14-24-19(25-30-14)16-13-7-12(18(28)15(13)16)11-5-3-2-4-6-11/h2-7,9-10,13,15-16,18,28H,8H2,1H3/t13-,15+,16+,18?/m0/s1. The number of aliphatic hydroxyl groups excluding tert-OH is 1. The molecule has 30 heavy (non-hydrogen) atoms. The van der Waals surface area contributed by atoms with E-state index in [2.05, 4.69) is 26.2 Å². The Bertz CT molecular complexity index is 1350. The van der Waals surface area contributed by atoms with Crippen LogP contribution in [-0.2, 0) is 13.6 Å². The molecule has 0 aliphatic heterocycles. The second-order valence-electron chi connectivity index (χ2n) is 7.86. The predicted octanol–water partition coefficient (Wildman–Crippen LogP) is 1.35. The first kappa shape index (κ1) is 17.3. The Hall–Kier alpha value is -3.59. The van der Waals surface area contributed by atoms with Crippen LogP contribution < -0.4 is 5.56 Å². The average Bonchev–Trinajstić information content (AvgIpc) is 3.04. The Morgan fingerprint density at radius 2 is 1.97 bits per heavy atom. The topological polar surface area (TPSA) is 112 Å². The van der Waals surface area contributed by atoms with E-state index in [1.54, 1.807) is 17.9 Å². The lowest BCUT2D eigenvalue weighted by Crippen LogP contribution is -2.22. The smallest absolute Gasteiger partial charge is 0.280 e. The Morgan fingerprint density at radius 1 is 1.17 bits per heavy atom. The van der Waals surface area contributed by atoms with Crippen LogP contribution in [0.15, 0.2) is 58.4 Å². The third-order valence-electron chi connectivity index (χ3n) is 6.08. The number of hydrogen-bond acceptors (Lipinski definition) is 7. The zero-order chi connectivity index (χ0) is 20.4. The minimum atomic E-state index is -0.539. The molecule has 0 saturated heterocycles.